The highest BCUT2D eigenvalue weighted by atomic mass is 35.5. The molecule has 12 atom stereocenters. The molecule has 0 heterocycles. The van der Waals surface area contributed by atoms with Gasteiger partial charge in [0.05, 0.1) is 5.71 Å². The van der Waals surface area contributed by atoms with Crippen molar-refractivity contribution in [3.63, 3.8) is 0 Å². The minimum absolute atomic E-state index is 0. The van der Waals surface area contributed by atoms with Gasteiger partial charge in [0, 0.05) is 17.8 Å². The van der Waals surface area contributed by atoms with E-state index in [9.17, 15) is 10.0 Å². The van der Waals surface area contributed by atoms with Gasteiger partial charge in [0.1, 0.15) is 5.78 Å². The zero-order valence-electron chi connectivity index (χ0n) is 27.5. The first-order valence-corrected chi connectivity index (χ1v) is 18.4. The molecule has 0 unspecified atom stereocenters. The first kappa shape index (κ1) is 31.4. The lowest BCUT2D eigenvalue weighted by Gasteiger charge is -2.60. The van der Waals surface area contributed by atoms with Crippen LogP contribution in [-0.4, -0.2) is 16.7 Å². The molecule has 0 bridgehead atoms. The first-order chi connectivity index (χ1) is 19.6. The highest BCUT2D eigenvalue weighted by Gasteiger charge is 2.61. The van der Waals surface area contributed by atoms with Gasteiger partial charge in [0.15, 0.2) is 0 Å². The van der Waals surface area contributed by atoms with Crippen LogP contribution < -0.4 is 0 Å². The van der Waals surface area contributed by atoms with Crippen LogP contribution in [0, 0.1) is 69.0 Å². The molecule has 0 aromatic carbocycles. The fourth-order valence-electron chi connectivity index (χ4n) is 14.3. The van der Waals surface area contributed by atoms with E-state index in [1.165, 1.54) is 51.4 Å². The predicted molar refractivity (Wildman–Crippen MR) is 174 cm³/mol. The molecule has 0 aromatic rings. The largest absolute Gasteiger partial charge is 0.411 e. The molecule has 3 nitrogen and oxygen atoms in total. The van der Waals surface area contributed by atoms with Gasteiger partial charge in [-0.3, -0.25) is 4.79 Å². The van der Waals surface area contributed by atoms with Gasteiger partial charge < -0.3 is 5.21 Å². The summed E-state index contributed by atoms with van der Waals surface area (Å²) in [6, 6.07) is 0. The SMILES string of the molecule is C[C@@]12CCC[C@H]1[C@@H]1CC[C@H]3CCCC[C@]3(C)[C@H]1CC2.C[C@]12CCCC[C@@H]1C(=NO)C[C@@H]1[C@@H]2CC[C@]2(C)C(=O)CC[C@@H]12.Cl. The molecule has 0 aromatic heterocycles. The van der Waals surface area contributed by atoms with Gasteiger partial charge in [-0.15, -0.1) is 12.4 Å². The van der Waals surface area contributed by atoms with E-state index in [0.717, 1.165) is 71.8 Å². The summed E-state index contributed by atoms with van der Waals surface area (Å²) in [4.78, 5) is 12.4. The third-order valence-corrected chi connectivity index (χ3v) is 16.6. The Morgan fingerprint density at radius 1 is 0.643 bits per heavy atom. The van der Waals surface area contributed by atoms with Crippen LogP contribution in [0.2, 0.25) is 0 Å². The summed E-state index contributed by atoms with van der Waals surface area (Å²) in [5, 5.41) is 13.4. The van der Waals surface area contributed by atoms with Gasteiger partial charge in [-0.1, -0.05) is 65.0 Å². The number of nitrogens with zero attached hydrogens (tertiary/aromatic N) is 1. The molecule has 8 rings (SSSR count). The molecule has 0 saturated heterocycles. The van der Waals surface area contributed by atoms with Gasteiger partial charge in [-0.2, -0.15) is 0 Å². The monoisotopic (exact) mass is 599 g/mol. The Balaban J connectivity index is 0.000000148. The van der Waals surface area contributed by atoms with Gasteiger partial charge >= 0.3 is 0 Å². The smallest absolute Gasteiger partial charge is 0.139 e. The van der Waals surface area contributed by atoms with Crippen molar-refractivity contribution < 1.29 is 10.0 Å². The van der Waals surface area contributed by atoms with E-state index < -0.39 is 0 Å². The number of oxime groups is 1. The van der Waals surface area contributed by atoms with Crippen molar-refractivity contribution in [1.29, 1.82) is 0 Å². The number of Topliss-reactive ketones (excluding diaryl/α,β-unsaturated/α-hetero) is 1. The Kier molecular flexibility index (Phi) is 8.49. The Morgan fingerprint density at radius 3 is 2.14 bits per heavy atom. The number of carbonyl (C=O) groups excluding carboxylic acids is 1. The summed E-state index contributed by atoms with van der Waals surface area (Å²) in [6.07, 6.45) is 27.2. The molecule has 8 aliphatic carbocycles. The first-order valence-electron chi connectivity index (χ1n) is 18.4. The van der Waals surface area contributed by atoms with Crippen molar-refractivity contribution in [3.8, 4) is 0 Å². The molecule has 0 amide bonds. The standard InChI is InChI=1S/C19H29NO2.C19H32.ClH/c1-18-9-4-3-5-15(18)16(20-22)11-12-13-6-7-17(21)19(13,2)10-8-14(12)18;1-18-11-5-7-16(18)15-9-8-14-6-3-4-12-19(14,2)17(15)10-13-18;/h12-15,22H,3-11H2,1-2H3;14-17H,3-13H2,1-2H3;1H/t12-,13-,14-,15+,18+,19-;14-,15+,16+,17+,18+,19+;/m01./s1. The van der Waals surface area contributed by atoms with Crippen LogP contribution in [0.4, 0.5) is 0 Å². The van der Waals surface area contributed by atoms with Gasteiger partial charge in [-0.05, 0) is 148 Å². The number of carbonyl (C=O) groups is 1. The van der Waals surface area contributed by atoms with Gasteiger partial charge in [-0.25, -0.2) is 0 Å². The van der Waals surface area contributed by atoms with Crippen LogP contribution in [-0.2, 0) is 4.79 Å². The van der Waals surface area contributed by atoms with Crippen LogP contribution in [0.1, 0.15) is 156 Å². The number of hydrogen-bond donors (Lipinski definition) is 1. The Bertz CT molecular complexity index is 1060. The zero-order chi connectivity index (χ0) is 28.6. The second kappa shape index (κ2) is 11.3. The molecule has 8 saturated carbocycles. The summed E-state index contributed by atoms with van der Waals surface area (Å²) < 4.78 is 0. The molecular formula is C38H62ClNO2. The third kappa shape index (κ3) is 4.61. The Morgan fingerprint density at radius 2 is 1.36 bits per heavy atom. The van der Waals surface area contributed by atoms with E-state index in [1.807, 2.05) is 0 Å². The van der Waals surface area contributed by atoms with E-state index in [-0.39, 0.29) is 17.8 Å². The maximum Gasteiger partial charge on any atom is 0.139 e. The molecular weight excluding hydrogens is 538 g/mol. The Hall–Kier alpha value is -0.570. The molecule has 4 heteroatoms. The highest BCUT2D eigenvalue weighted by molar-refractivity contribution is 5.90. The highest BCUT2D eigenvalue weighted by Crippen LogP contribution is 2.67. The van der Waals surface area contributed by atoms with E-state index in [1.54, 1.807) is 51.4 Å². The summed E-state index contributed by atoms with van der Waals surface area (Å²) in [7, 11) is 0. The van der Waals surface area contributed by atoms with Crippen LogP contribution in [0.5, 0.6) is 0 Å². The number of ketones is 1. The van der Waals surface area contributed by atoms with Crippen LogP contribution in [0.15, 0.2) is 5.16 Å². The van der Waals surface area contributed by atoms with Crippen molar-refractivity contribution in [2.75, 3.05) is 0 Å². The number of halogens is 1. The quantitative estimate of drug-likeness (QED) is 0.222. The molecule has 238 valence electrons. The lowest BCUT2D eigenvalue weighted by Crippen LogP contribution is -2.55. The number of rotatable bonds is 0. The minimum atomic E-state index is -0.0837. The minimum Gasteiger partial charge on any atom is -0.411 e. The van der Waals surface area contributed by atoms with Crippen molar-refractivity contribution in [1.82, 2.24) is 0 Å². The average molecular weight is 600 g/mol. The summed E-state index contributed by atoms with van der Waals surface area (Å²) in [6.45, 7) is 10.0. The van der Waals surface area contributed by atoms with E-state index in [0.29, 0.717) is 29.0 Å². The summed E-state index contributed by atoms with van der Waals surface area (Å²) in [5.41, 5.74) is 2.76. The maximum absolute atomic E-state index is 12.4. The van der Waals surface area contributed by atoms with Gasteiger partial charge in [0.2, 0.25) is 0 Å². The molecule has 1 N–H and O–H groups in total. The third-order valence-electron chi connectivity index (χ3n) is 16.6. The second-order valence-electron chi connectivity index (χ2n) is 17.9. The average Bonchev–Trinajstić information content (AvgIpc) is 3.51. The molecule has 8 fully saturated rings. The lowest BCUT2D eigenvalue weighted by atomic mass is 9.45. The normalized spacial score (nSPS) is 53.6. The molecule has 0 aliphatic heterocycles. The molecule has 8 aliphatic rings. The van der Waals surface area contributed by atoms with Crippen molar-refractivity contribution >= 4 is 23.9 Å². The van der Waals surface area contributed by atoms with E-state index in [4.69, 9.17) is 0 Å². The fraction of sp³-hybridized carbons (Fsp3) is 0.947. The summed E-state index contributed by atoms with van der Waals surface area (Å²) in [5.74, 6) is 7.20. The van der Waals surface area contributed by atoms with Crippen molar-refractivity contribution in [2.45, 2.75) is 156 Å². The molecule has 0 spiro atoms. The Labute approximate surface area is 263 Å². The molecule has 42 heavy (non-hydrogen) atoms. The van der Waals surface area contributed by atoms with Crippen LogP contribution in [0.25, 0.3) is 0 Å². The maximum atomic E-state index is 12.4. The number of hydrogen-bond acceptors (Lipinski definition) is 3. The van der Waals surface area contributed by atoms with Crippen molar-refractivity contribution in [2.24, 2.45) is 74.2 Å². The number of fused-ring (bicyclic) bond motifs is 10. The van der Waals surface area contributed by atoms with Gasteiger partial charge in [0.25, 0.3) is 0 Å². The fourth-order valence-corrected chi connectivity index (χ4v) is 14.3. The molecule has 0 radical (unpaired) electrons. The van der Waals surface area contributed by atoms with Crippen LogP contribution >= 0.6 is 12.4 Å². The summed E-state index contributed by atoms with van der Waals surface area (Å²) >= 11 is 0. The van der Waals surface area contributed by atoms with E-state index >= 15 is 0 Å². The van der Waals surface area contributed by atoms with Crippen LogP contribution in [0.3, 0.4) is 0 Å². The second-order valence-corrected chi connectivity index (χ2v) is 17.9. The lowest BCUT2D eigenvalue weighted by molar-refractivity contribution is -0.133. The topological polar surface area (TPSA) is 49.7 Å². The van der Waals surface area contributed by atoms with Crippen molar-refractivity contribution in [3.05, 3.63) is 0 Å². The zero-order valence-corrected chi connectivity index (χ0v) is 28.3. The van der Waals surface area contributed by atoms with E-state index in [2.05, 4.69) is 32.9 Å². The predicted octanol–water partition coefficient (Wildman–Crippen LogP) is 10.7.